The molecule has 5 heteroatoms. The molecule has 20 heavy (non-hydrogen) atoms. The molecule has 4 nitrogen and oxygen atoms in total. The van der Waals surface area contributed by atoms with E-state index in [-0.39, 0.29) is 11.6 Å². The molecule has 108 valence electrons. The number of nitrogens with one attached hydrogen (secondary N) is 1. The fourth-order valence-corrected chi connectivity index (χ4v) is 2.41. The van der Waals surface area contributed by atoms with Gasteiger partial charge in [-0.15, -0.1) is 0 Å². The lowest BCUT2D eigenvalue weighted by Crippen LogP contribution is -2.15. The molecule has 0 fully saturated rings. The molecular weight excluding hydrogens is 255 g/mol. The summed E-state index contributed by atoms with van der Waals surface area (Å²) in [6.45, 7) is 9.27. The lowest BCUT2D eigenvalue weighted by Gasteiger charge is -2.09. The van der Waals surface area contributed by atoms with Gasteiger partial charge >= 0.3 is 0 Å². The van der Waals surface area contributed by atoms with Crippen molar-refractivity contribution in [3.05, 3.63) is 40.6 Å². The van der Waals surface area contributed by atoms with Gasteiger partial charge in [0, 0.05) is 24.0 Å². The first kappa shape index (κ1) is 14.7. The summed E-state index contributed by atoms with van der Waals surface area (Å²) in [4.78, 5) is 4.16. The van der Waals surface area contributed by atoms with E-state index < -0.39 is 0 Å². The molecule has 0 spiro atoms. The molecule has 0 aromatic carbocycles. The van der Waals surface area contributed by atoms with Crippen LogP contribution in [0.3, 0.4) is 0 Å². The van der Waals surface area contributed by atoms with Crippen molar-refractivity contribution in [2.24, 2.45) is 0 Å². The molecular formula is C15H21FN4. The van der Waals surface area contributed by atoms with Gasteiger partial charge in [-0.1, -0.05) is 13.8 Å². The van der Waals surface area contributed by atoms with Crippen molar-refractivity contribution in [2.75, 3.05) is 6.54 Å². The van der Waals surface area contributed by atoms with Crippen molar-refractivity contribution in [3.63, 3.8) is 0 Å². The van der Waals surface area contributed by atoms with Crippen molar-refractivity contribution in [1.29, 1.82) is 0 Å². The minimum absolute atomic E-state index is 0.278. The number of rotatable bonds is 5. The average molecular weight is 276 g/mol. The first-order valence-electron chi connectivity index (χ1n) is 6.99. The molecule has 2 heterocycles. The number of aryl methyl sites for hydroxylation is 1. The van der Waals surface area contributed by atoms with Crippen LogP contribution in [0.2, 0.25) is 0 Å². The van der Waals surface area contributed by atoms with Gasteiger partial charge in [-0.05, 0) is 38.4 Å². The largest absolute Gasteiger partial charge is 0.313 e. The molecule has 0 aliphatic heterocycles. The molecule has 0 bridgehead atoms. The van der Waals surface area contributed by atoms with Gasteiger partial charge < -0.3 is 5.32 Å². The van der Waals surface area contributed by atoms with Gasteiger partial charge in [0.05, 0.1) is 5.69 Å². The highest BCUT2D eigenvalue weighted by Crippen LogP contribution is 2.20. The summed E-state index contributed by atoms with van der Waals surface area (Å²) in [6.07, 6.45) is 2.52. The third-order valence-electron chi connectivity index (χ3n) is 3.51. The summed E-state index contributed by atoms with van der Waals surface area (Å²) < 4.78 is 16.2. The van der Waals surface area contributed by atoms with Gasteiger partial charge in [-0.25, -0.2) is 14.1 Å². The third-order valence-corrected chi connectivity index (χ3v) is 3.51. The Morgan fingerprint density at radius 2 is 2.05 bits per heavy atom. The van der Waals surface area contributed by atoms with E-state index in [4.69, 9.17) is 0 Å². The molecule has 0 radical (unpaired) electrons. The van der Waals surface area contributed by atoms with Crippen molar-refractivity contribution >= 4 is 0 Å². The molecule has 0 aliphatic rings. The van der Waals surface area contributed by atoms with Crippen molar-refractivity contribution in [2.45, 2.75) is 40.7 Å². The second-order valence-electron chi connectivity index (χ2n) is 4.80. The van der Waals surface area contributed by atoms with Crippen LogP contribution in [-0.4, -0.2) is 21.3 Å². The highest BCUT2D eigenvalue weighted by atomic mass is 19.1. The van der Waals surface area contributed by atoms with Crippen LogP contribution in [-0.2, 0) is 13.0 Å². The van der Waals surface area contributed by atoms with E-state index in [0.29, 0.717) is 12.1 Å². The summed E-state index contributed by atoms with van der Waals surface area (Å²) in [5, 5.41) is 7.56. The Morgan fingerprint density at radius 1 is 1.30 bits per heavy atom. The van der Waals surface area contributed by atoms with Gasteiger partial charge in [-0.2, -0.15) is 5.10 Å². The zero-order chi connectivity index (χ0) is 14.7. The molecule has 0 aliphatic carbocycles. The SMILES string of the molecule is CCNCc1ccnc(-n2nc(C)c(CC)c2C)c1F. The van der Waals surface area contributed by atoms with Crippen molar-refractivity contribution in [1.82, 2.24) is 20.1 Å². The Bertz CT molecular complexity index is 604. The monoisotopic (exact) mass is 276 g/mol. The minimum Gasteiger partial charge on any atom is -0.313 e. The van der Waals surface area contributed by atoms with Crippen molar-refractivity contribution < 1.29 is 4.39 Å². The highest BCUT2D eigenvalue weighted by Gasteiger charge is 2.17. The van der Waals surface area contributed by atoms with Gasteiger partial charge in [-0.3, -0.25) is 0 Å². The van der Waals surface area contributed by atoms with Gasteiger partial charge in [0.15, 0.2) is 11.6 Å². The minimum atomic E-state index is -0.304. The van der Waals surface area contributed by atoms with Crippen LogP contribution in [0.15, 0.2) is 12.3 Å². The van der Waals surface area contributed by atoms with Crippen LogP contribution in [0.4, 0.5) is 4.39 Å². The number of pyridine rings is 1. The number of halogens is 1. The molecule has 0 unspecified atom stereocenters. The molecule has 0 amide bonds. The smallest absolute Gasteiger partial charge is 0.190 e. The quantitative estimate of drug-likeness (QED) is 0.913. The predicted octanol–water partition coefficient (Wildman–Crippen LogP) is 2.70. The maximum absolute atomic E-state index is 14.5. The van der Waals surface area contributed by atoms with E-state index in [9.17, 15) is 4.39 Å². The zero-order valence-electron chi connectivity index (χ0n) is 12.5. The molecule has 0 atom stereocenters. The summed E-state index contributed by atoms with van der Waals surface area (Å²) in [6, 6.07) is 1.70. The lowest BCUT2D eigenvalue weighted by molar-refractivity contribution is 0.569. The second-order valence-corrected chi connectivity index (χ2v) is 4.80. The number of aromatic nitrogens is 3. The predicted molar refractivity (Wildman–Crippen MR) is 77.5 cm³/mol. The first-order valence-corrected chi connectivity index (χ1v) is 6.99. The number of nitrogens with zero attached hydrogens (tertiary/aromatic N) is 3. The summed E-state index contributed by atoms with van der Waals surface area (Å²) in [5.74, 6) is -0.0255. The fraction of sp³-hybridized carbons (Fsp3) is 0.467. The topological polar surface area (TPSA) is 42.7 Å². The average Bonchev–Trinajstić information content (AvgIpc) is 2.72. The van der Waals surface area contributed by atoms with E-state index in [0.717, 1.165) is 29.9 Å². The van der Waals surface area contributed by atoms with E-state index in [2.05, 4.69) is 22.3 Å². The zero-order valence-corrected chi connectivity index (χ0v) is 12.5. The standard InChI is InChI=1S/C15H21FN4/c1-5-13-10(3)19-20(11(13)4)15-14(16)12(7-8-18-15)9-17-6-2/h7-8,17H,5-6,9H2,1-4H3. The Balaban J connectivity index is 2.48. The molecule has 2 aromatic heterocycles. The van der Waals surface area contributed by atoms with E-state index in [1.54, 1.807) is 16.9 Å². The van der Waals surface area contributed by atoms with Crippen molar-refractivity contribution in [3.8, 4) is 5.82 Å². The first-order chi connectivity index (χ1) is 9.60. The Hall–Kier alpha value is -1.75. The summed E-state index contributed by atoms with van der Waals surface area (Å²) in [7, 11) is 0. The van der Waals surface area contributed by atoms with Crippen LogP contribution in [0.25, 0.3) is 5.82 Å². The molecule has 0 saturated carbocycles. The van der Waals surface area contributed by atoms with Gasteiger partial charge in [0.25, 0.3) is 0 Å². The Kier molecular flexibility index (Phi) is 4.49. The Labute approximate surface area is 119 Å². The van der Waals surface area contributed by atoms with Crippen LogP contribution in [0, 0.1) is 19.7 Å². The summed E-state index contributed by atoms with van der Waals surface area (Å²) >= 11 is 0. The lowest BCUT2D eigenvalue weighted by atomic mass is 10.1. The maximum Gasteiger partial charge on any atom is 0.190 e. The molecule has 0 saturated heterocycles. The van der Waals surface area contributed by atoms with Crippen LogP contribution >= 0.6 is 0 Å². The van der Waals surface area contributed by atoms with Gasteiger partial charge in [0.2, 0.25) is 0 Å². The number of hydrogen-bond donors (Lipinski definition) is 1. The van der Waals surface area contributed by atoms with Crippen LogP contribution in [0.5, 0.6) is 0 Å². The number of hydrogen-bond acceptors (Lipinski definition) is 3. The van der Waals surface area contributed by atoms with Crippen LogP contribution in [0.1, 0.15) is 36.4 Å². The normalized spacial score (nSPS) is 11.1. The Morgan fingerprint density at radius 3 is 2.65 bits per heavy atom. The highest BCUT2D eigenvalue weighted by molar-refractivity contribution is 5.35. The van der Waals surface area contributed by atoms with E-state index in [1.807, 2.05) is 20.8 Å². The summed E-state index contributed by atoms with van der Waals surface area (Å²) in [5.41, 5.74) is 3.66. The molecule has 1 N–H and O–H groups in total. The molecule has 2 rings (SSSR count). The van der Waals surface area contributed by atoms with Crippen LogP contribution < -0.4 is 5.32 Å². The molecule has 2 aromatic rings. The van der Waals surface area contributed by atoms with E-state index in [1.165, 1.54) is 0 Å². The second kappa shape index (κ2) is 6.13. The maximum atomic E-state index is 14.5. The third kappa shape index (κ3) is 2.58. The van der Waals surface area contributed by atoms with E-state index >= 15 is 0 Å². The van der Waals surface area contributed by atoms with Gasteiger partial charge in [0.1, 0.15) is 0 Å². The fourth-order valence-electron chi connectivity index (χ4n) is 2.41.